The fourth-order valence-corrected chi connectivity index (χ4v) is 0.640. The summed E-state index contributed by atoms with van der Waals surface area (Å²) in [5, 5.41) is 12.1. The Morgan fingerprint density at radius 3 is 2.64 bits per heavy atom. The molecule has 0 aromatic rings. The maximum Gasteiger partial charge on any atom is 0.287 e. The number of hydrogen-bond acceptors (Lipinski definition) is 4. The fraction of sp³-hybridized carbons (Fsp3) is 0.833. The van der Waals surface area contributed by atoms with E-state index in [9.17, 15) is 9.70 Å². The van der Waals surface area contributed by atoms with Crippen LogP contribution in [0.4, 0.5) is 0 Å². The minimum Gasteiger partial charge on any atom is -0.314 e. The van der Waals surface area contributed by atoms with Gasteiger partial charge in [0.1, 0.15) is 0 Å². The minimum absolute atomic E-state index is 0.0139. The average Bonchev–Trinajstić information content (AvgIpc) is 2.01. The molecule has 64 valence electrons. The highest BCUT2D eigenvalue weighted by atomic mass is 16.5. The highest BCUT2D eigenvalue weighted by Gasteiger charge is 2.03. The lowest BCUT2D eigenvalue weighted by Gasteiger charge is -2.10. The average molecular weight is 160 g/mol. The second-order valence-electron chi connectivity index (χ2n) is 2.19. The summed E-state index contributed by atoms with van der Waals surface area (Å²) >= 11 is 0. The third kappa shape index (κ3) is 5.63. The van der Waals surface area contributed by atoms with Gasteiger partial charge in [0.15, 0.2) is 0 Å². The SMILES string of the molecule is CCCN(O)CCC(=O)N=O. The normalized spacial score (nSPS) is 10.1. The zero-order valence-corrected chi connectivity index (χ0v) is 6.49. The van der Waals surface area contributed by atoms with Gasteiger partial charge < -0.3 is 5.21 Å². The van der Waals surface area contributed by atoms with Gasteiger partial charge in [0.25, 0.3) is 5.91 Å². The zero-order chi connectivity index (χ0) is 8.69. The van der Waals surface area contributed by atoms with Crippen molar-refractivity contribution in [2.24, 2.45) is 5.18 Å². The van der Waals surface area contributed by atoms with E-state index in [1.807, 2.05) is 6.92 Å². The third-order valence-corrected chi connectivity index (χ3v) is 1.17. The van der Waals surface area contributed by atoms with Gasteiger partial charge in [0, 0.05) is 24.7 Å². The van der Waals surface area contributed by atoms with Crippen LogP contribution >= 0.6 is 0 Å². The molecule has 0 aromatic heterocycles. The molecule has 1 amide bonds. The number of hydrogen-bond donors (Lipinski definition) is 1. The van der Waals surface area contributed by atoms with Gasteiger partial charge in [-0.2, -0.15) is 5.06 Å². The number of rotatable bonds is 5. The fourth-order valence-electron chi connectivity index (χ4n) is 0.640. The van der Waals surface area contributed by atoms with E-state index in [0.717, 1.165) is 11.5 Å². The molecule has 0 aliphatic heterocycles. The number of carbonyl (C=O) groups excluding carboxylic acids is 1. The molecule has 11 heavy (non-hydrogen) atoms. The molecule has 0 rings (SSSR count). The van der Waals surface area contributed by atoms with Crippen LogP contribution in [0, 0.1) is 4.91 Å². The third-order valence-electron chi connectivity index (χ3n) is 1.17. The van der Waals surface area contributed by atoms with Gasteiger partial charge in [-0.1, -0.05) is 6.92 Å². The van der Waals surface area contributed by atoms with Crippen molar-refractivity contribution in [2.45, 2.75) is 19.8 Å². The Balaban J connectivity index is 3.37. The number of hydroxylamine groups is 2. The molecular formula is C6H12N2O3. The smallest absolute Gasteiger partial charge is 0.287 e. The van der Waals surface area contributed by atoms with Gasteiger partial charge in [-0.3, -0.25) is 4.79 Å². The molecule has 5 nitrogen and oxygen atoms in total. The quantitative estimate of drug-likeness (QED) is 0.476. The maximum absolute atomic E-state index is 10.3. The molecule has 0 fully saturated rings. The van der Waals surface area contributed by atoms with E-state index >= 15 is 0 Å². The lowest BCUT2D eigenvalue weighted by atomic mass is 10.4. The standard InChI is InChI=1S/C6H12N2O3/c1-2-4-8(11)5-3-6(9)7-10/h11H,2-5H2,1H3. The van der Waals surface area contributed by atoms with Gasteiger partial charge in [-0.15, -0.1) is 4.91 Å². The largest absolute Gasteiger partial charge is 0.314 e. The lowest BCUT2D eigenvalue weighted by molar-refractivity contribution is -0.124. The van der Waals surface area contributed by atoms with Crippen molar-refractivity contribution in [3.05, 3.63) is 4.91 Å². The number of amides is 1. The molecule has 0 aliphatic rings. The predicted molar refractivity (Wildman–Crippen MR) is 39.1 cm³/mol. The van der Waals surface area contributed by atoms with E-state index in [2.05, 4.69) is 5.18 Å². The molecular weight excluding hydrogens is 148 g/mol. The van der Waals surface area contributed by atoms with Gasteiger partial charge in [0.2, 0.25) is 0 Å². The zero-order valence-electron chi connectivity index (χ0n) is 6.49. The molecule has 0 aliphatic carbocycles. The highest BCUT2D eigenvalue weighted by molar-refractivity contribution is 5.76. The summed E-state index contributed by atoms with van der Waals surface area (Å²) in [6.07, 6.45) is 0.791. The molecule has 0 radical (unpaired) electrons. The van der Waals surface area contributed by atoms with Gasteiger partial charge in [-0.05, 0) is 6.42 Å². The summed E-state index contributed by atoms with van der Waals surface area (Å²) in [6.45, 7) is 2.59. The summed E-state index contributed by atoms with van der Waals surface area (Å²) in [7, 11) is 0. The van der Waals surface area contributed by atoms with Crippen molar-refractivity contribution in [2.75, 3.05) is 13.1 Å². The van der Waals surface area contributed by atoms with Crippen molar-refractivity contribution >= 4 is 5.91 Å². The van der Waals surface area contributed by atoms with Crippen molar-refractivity contribution in [1.29, 1.82) is 0 Å². The van der Waals surface area contributed by atoms with E-state index in [-0.39, 0.29) is 13.0 Å². The summed E-state index contributed by atoms with van der Waals surface area (Å²) < 4.78 is 0. The Labute approximate surface area is 64.9 Å². The van der Waals surface area contributed by atoms with Crippen LogP contribution < -0.4 is 0 Å². The first kappa shape index (κ1) is 10.2. The van der Waals surface area contributed by atoms with Gasteiger partial charge >= 0.3 is 0 Å². The number of nitrogens with zero attached hydrogens (tertiary/aromatic N) is 2. The molecule has 0 saturated heterocycles. The van der Waals surface area contributed by atoms with Crippen molar-refractivity contribution in [3.8, 4) is 0 Å². The summed E-state index contributed by atoms with van der Waals surface area (Å²) in [5.74, 6) is -0.722. The van der Waals surface area contributed by atoms with E-state index in [1.165, 1.54) is 0 Å². The van der Waals surface area contributed by atoms with E-state index < -0.39 is 5.91 Å². The molecule has 0 heterocycles. The van der Waals surface area contributed by atoms with Crippen molar-refractivity contribution < 1.29 is 10.0 Å². The van der Waals surface area contributed by atoms with Crippen LogP contribution in [0.25, 0.3) is 0 Å². The van der Waals surface area contributed by atoms with Gasteiger partial charge in [0.05, 0.1) is 0 Å². The number of carbonyl (C=O) groups is 1. The van der Waals surface area contributed by atoms with Crippen molar-refractivity contribution in [3.63, 3.8) is 0 Å². The minimum atomic E-state index is -0.722. The Hall–Kier alpha value is -0.810. The highest BCUT2D eigenvalue weighted by Crippen LogP contribution is 1.90. The summed E-state index contributed by atoms with van der Waals surface area (Å²) in [5.41, 5.74) is 0. The van der Waals surface area contributed by atoms with E-state index in [1.54, 1.807) is 0 Å². The first-order valence-corrected chi connectivity index (χ1v) is 3.50. The van der Waals surface area contributed by atoms with E-state index in [0.29, 0.717) is 6.54 Å². The second kappa shape index (κ2) is 5.94. The molecule has 0 saturated carbocycles. The summed E-state index contributed by atoms with van der Waals surface area (Å²) in [6, 6.07) is 0. The molecule has 5 heteroatoms. The topological polar surface area (TPSA) is 70.0 Å². The first-order valence-electron chi connectivity index (χ1n) is 3.50. The van der Waals surface area contributed by atoms with Crippen LogP contribution in [-0.2, 0) is 4.79 Å². The Kier molecular flexibility index (Phi) is 5.50. The van der Waals surface area contributed by atoms with Crippen LogP contribution in [0.5, 0.6) is 0 Å². The van der Waals surface area contributed by atoms with Crippen LogP contribution in [0.15, 0.2) is 5.18 Å². The lowest BCUT2D eigenvalue weighted by Crippen LogP contribution is -2.22. The Morgan fingerprint density at radius 2 is 2.18 bits per heavy atom. The van der Waals surface area contributed by atoms with Crippen LogP contribution in [-0.4, -0.2) is 29.3 Å². The second-order valence-corrected chi connectivity index (χ2v) is 2.19. The molecule has 1 N–H and O–H groups in total. The molecule has 0 spiro atoms. The first-order chi connectivity index (χ1) is 5.20. The number of nitroso groups, excluding NO2 is 1. The maximum atomic E-state index is 10.3. The summed E-state index contributed by atoms with van der Waals surface area (Å²) in [4.78, 5) is 19.9. The Bertz CT molecular complexity index is 138. The monoisotopic (exact) mass is 160 g/mol. The molecule has 0 aromatic carbocycles. The van der Waals surface area contributed by atoms with Crippen molar-refractivity contribution in [1.82, 2.24) is 5.06 Å². The molecule has 0 atom stereocenters. The Morgan fingerprint density at radius 1 is 1.55 bits per heavy atom. The van der Waals surface area contributed by atoms with Crippen LogP contribution in [0.1, 0.15) is 19.8 Å². The van der Waals surface area contributed by atoms with E-state index in [4.69, 9.17) is 5.21 Å². The van der Waals surface area contributed by atoms with Crippen LogP contribution in [0.2, 0.25) is 0 Å². The van der Waals surface area contributed by atoms with Crippen LogP contribution in [0.3, 0.4) is 0 Å². The van der Waals surface area contributed by atoms with Gasteiger partial charge in [-0.25, -0.2) is 0 Å². The molecule has 0 bridgehead atoms. The molecule has 0 unspecified atom stereocenters. The predicted octanol–water partition coefficient (Wildman–Crippen LogP) is 0.771.